The third-order valence-electron chi connectivity index (χ3n) is 2.46. The topological polar surface area (TPSA) is 20.2 Å². The number of hydrogen-bond acceptors (Lipinski definition) is 1. The van der Waals surface area contributed by atoms with Crippen LogP contribution in [0.4, 0.5) is 8.78 Å². The molecule has 2 aromatic rings. The monoisotopic (exact) mass is 298 g/mol. The number of rotatable bonds is 2. The maximum atomic E-state index is 13.5. The molecule has 0 saturated heterocycles. The van der Waals surface area contributed by atoms with Crippen LogP contribution in [0.2, 0.25) is 0 Å². The van der Waals surface area contributed by atoms with Crippen molar-refractivity contribution < 1.29 is 13.9 Å². The van der Waals surface area contributed by atoms with Crippen molar-refractivity contribution in [2.45, 2.75) is 6.10 Å². The zero-order valence-electron chi connectivity index (χ0n) is 8.70. The third kappa shape index (κ3) is 2.53. The lowest BCUT2D eigenvalue weighted by molar-refractivity contribution is 0.213. The summed E-state index contributed by atoms with van der Waals surface area (Å²) in [5, 5.41) is 9.97. The molecule has 0 radical (unpaired) electrons. The Hall–Kier alpha value is -1.26. The zero-order valence-corrected chi connectivity index (χ0v) is 10.3. The van der Waals surface area contributed by atoms with Gasteiger partial charge < -0.3 is 5.11 Å². The van der Waals surface area contributed by atoms with Crippen LogP contribution in [0.5, 0.6) is 0 Å². The van der Waals surface area contributed by atoms with Gasteiger partial charge in [0.2, 0.25) is 0 Å². The standard InChI is InChI=1S/C13H9BrF2O/c14-9-6-4-8(5-7-9)13(17)10-2-1-3-11(15)12(10)16/h1-7,13,17H. The van der Waals surface area contributed by atoms with Gasteiger partial charge >= 0.3 is 0 Å². The van der Waals surface area contributed by atoms with E-state index in [1.54, 1.807) is 24.3 Å². The highest BCUT2D eigenvalue weighted by Crippen LogP contribution is 2.26. The van der Waals surface area contributed by atoms with E-state index in [1.165, 1.54) is 12.1 Å². The van der Waals surface area contributed by atoms with Crippen LogP contribution in [0.25, 0.3) is 0 Å². The second-order valence-corrected chi connectivity index (χ2v) is 4.51. The molecule has 0 fully saturated rings. The molecule has 0 aliphatic heterocycles. The van der Waals surface area contributed by atoms with E-state index in [4.69, 9.17) is 0 Å². The van der Waals surface area contributed by atoms with Gasteiger partial charge in [-0.05, 0) is 23.8 Å². The minimum atomic E-state index is -1.17. The second-order valence-electron chi connectivity index (χ2n) is 3.60. The molecule has 0 spiro atoms. The number of aliphatic hydroxyl groups is 1. The van der Waals surface area contributed by atoms with E-state index in [-0.39, 0.29) is 5.56 Å². The molecular formula is C13H9BrF2O. The van der Waals surface area contributed by atoms with Crippen LogP contribution in [0, 0.1) is 11.6 Å². The van der Waals surface area contributed by atoms with Crippen molar-refractivity contribution in [3.05, 3.63) is 69.7 Å². The Bertz CT molecular complexity index is 525. The Morgan fingerprint density at radius 2 is 1.65 bits per heavy atom. The van der Waals surface area contributed by atoms with E-state index in [9.17, 15) is 13.9 Å². The lowest BCUT2D eigenvalue weighted by atomic mass is 10.0. The second kappa shape index (κ2) is 4.94. The van der Waals surface area contributed by atoms with Crippen LogP contribution >= 0.6 is 15.9 Å². The molecule has 0 amide bonds. The highest BCUT2D eigenvalue weighted by Gasteiger charge is 2.17. The SMILES string of the molecule is OC(c1ccc(Br)cc1)c1cccc(F)c1F. The fourth-order valence-electron chi connectivity index (χ4n) is 1.56. The molecule has 0 aliphatic rings. The van der Waals surface area contributed by atoms with Crippen LogP contribution < -0.4 is 0 Å². The summed E-state index contributed by atoms with van der Waals surface area (Å²) in [6.45, 7) is 0. The van der Waals surface area contributed by atoms with E-state index < -0.39 is 17.7 Å². The van der Waals surface area contributed by atoms with Crippen LogP contribution in [-0.4, -0.2) is 5.11 Å². The van der Waals surface area contributed by atoms with Crippen molar-refractivity contribution in [3.8, 4) is 0 Å². The van der Waals surface area contributed by atoms with E-state index in [0.717, 1.165) is 10.5 Å². The summed E-state index contributed by atoms with van der Waals surface area (Å²) >= 11 is 3.26. The van der Waals surface area contributed by atoms with Crippen LogP contribution in [0.3, 0.4) is 0 Å². The first kappa shape index (κ1) is 12.2. The van der Waals surface area contributed by atoms with Gasteiger partial charge in [-0.25, -0.2) is 8.78 Å². The molecule has 0 heterocycles. The largest absolute Gasteiger partial charge is 0.384 e. The first-order valence-corrected chi connectivity index (χ1v) is 5.76. The molecule has 88 valence electrons. The summed E-state index contributed by atoms with van der Waals surface area (Å²) in [5.74, 6) is -1.97. The first-order valence-electron chi connectivity index (χ1n) is 4.97. The molecule has 2 rings (SSSR count). The highest BCUT2D eigenvalue weighted by molar-refractivity contribution is 9.10. The Morgan fingerprint density at radius 1 is 1.00 bits per heavy atom. The maximum absolute atomic E-state index is 13.5. The van der Waals surface area contributed by atoms with E-state index in [0.29, 0.717) is 5.56 Å². The van der Waals surface area contributed by atoms with Gasteiger partial charge in [0.1, 0.15) is 6.10 Å². The van der Waals surface area contributed by atoms with Crippen molar-refractivity contribution in [1.82, 2.24) is 0 Å². The number of hydrogen-bond donors (Lipinski definition) is 1. The molecule has 1 unspecified atom stereocenters. The fraction of sp³-hybridized carbons (Fsp3) is 0.0769. The summed E-state index contributed by atoms with van der Waals surface area (Å²) < 4.78 is 27.4. The van der Waals surface area contributed by atoms with Gasteiger partial charge in [0.15, 0.2) is 11.6 Å². The zero-order chi connectivity index (χ0) is 12.4. The van der Waals surface area contributed by atoms with E-state index >= 15 is 0 Å². The number of halogens is 3. The molecule has 0 aliphatic carbocycles. The first-order chi connectivity index (χ1) is 8.09. The molecule has 1 nitrogen and oxygen atoms in total. The van der Waals surface area contributed by atoms with Gasteiger partial charge in [0, 0.05) is 10.0 Å². The van der Waals surface area contributed by atoms with Gasteiger partial charge in [-0.15, -0.1) is 0 Å². The third-order valence-corrected chi connectivity index (χ3v) is 2.99. The number of benzene rings is 2. The number of aliphatic hydroxyl groups excluding tert-OH is 1. The smallest absolute Gasteiger partial charge is 0.164 e. The predicted octanol–water partition coefficient (Wildman–Crippen LogP) is 3.81. The molecule has 0 saturated carbocycles. The lowest BCUT2D eigenvalue weighted by Crippen LogP contribution is -2.03. The summed E-state index contributed by atoms with van der Waals surface area (Å²) in [6, 6.07) is 10.5. The minimum absolute atomic E-state index is 0.0627. The van der Waals surface area contributed by atoms with Crippen LogP contribution in [0.15, 0.2) is 46.9 Å². The van der Waals surface area contributed by atoms with Gasteiger partial charge in [-0.1, -0.05) is 40.2 Å². The predicted molar refractivity (Wildman–Crippen MR) is 64.6 cm³/mol. The van der Waals surface area contributed by atoms with Gasteiger partial charge in [0.25, 0.3) is 0 Å². The van der Waals surface area contributed by atoms with Crippen molar-refractivity contribution in [2.24, 2.45) is 0 Å². The van der Waals surface area contributed by atoms with Gasteiger partial charge in [0.05, 0.1) is 0 Å². The molecule has 0 bridgehead atoms. The Labute approximate surface area is 106 Å². The van der Waals surface area contributed by atoms with Crippen LogP contribution in [-0.2, 0) is 0 Å². The average molecular weight is 299 g/mol. The maximum Gasteiger partial charge on any atom is 0.164 e. The quantitative estimate of drug-likeness (QED) is 0.894. The van der Waals surface area contributed by atoms with Crippen molar-refractivity contribution >= 4 is 15.9 Å². The average Bonchev–Trinajstić information content (AvgIpc) is 2.33. The van der Waals surface area contributed by atoms with E-state index in [2.05, 4.69) is 15.9 Å². The summed E-state index contributed by atoms with van der Waals surface area (Å²) in [5.41, 5.74) is 0.449. The molecule has 1 N–H and O–H groups in total. The summed E-state index contributed by atoms with van der Waals surface area (Å²) in [4.78, 5) is 0. The normalized spacial score (nSPS) is 12.5. The minimum Gasteiger partial charge on any atom is -0.384 e. The summed E-state index contributed by atoms with van der Waals surface area (Å²) in [7, 11) is 0. The molecule has 4 heteroatoms. The van der Waals surface area contributed by atoms with E-state index in [1.807, 2.05) is 0 Å². The lowest BCUT2D eigenvalue weighted by Gasteiger charge is -2.12. The molecule has 1 atom stereocenters. The summed E-state index contributed by atoms with van der Waals surface area (Å²) in [6.07, 6.45) is -1.17. The Kier molecular flexibility index (Phi) is 3.54. The van der Waals surface area contributed by atoms with Crippen molar-refractivity contribution in [3.63, 3.8) is 0 Å². The van der Waals surface area contributed by atoms with Gasteiger partial charge in [-0.3, -0.25) is 0 Å². The Balaban J connectivity index is 2.40. The van der Waals surface area contributed by atoms with Crippen molar-refractivity contribution in [1.29, 1.82) is 0 Å². The van der Waals surface area contributed by atoms with Gasteiger partial charge in [-0.2, -0.15) is 0 Å². The van der Waals surface area contributed by atoms with Crippen molar-refractivity contribution in [2.75, 3.05) is 0 Å². The molecule has 2 aromatic carbocycles. The molecule has 0 aromatic heterocycles. The molecular weight excluding hydrogens is 290 g/mol. The Morgan fingerprint density at radius 3 is 2.29 bits per heavy atom. The highest BCUT2D eigenvalue weighted by atomic mass is 79.9. The van der Waals surface area contributed by atoms with Crippen LogP contribution in [0.1, 0.15) is 17.2 Å². The molecule has 17 heavy (non-hydrogen) atoms. The fourth-order valence-corrected chi connectivity index (χ4v) is 1.82.